The van der Waals surface area contributed by atoms with Gasteiger partial charge < -0.3 is 14.8 Å². The molecule has 1 aromatic heterocycles. The van der Waals surface area contributed by atoms with Crippen LogP contribution in [0.1, 0.15) is 11.7 Å². The van der Waals surface area contributed by atoms with E-state index in [-0.39, 0.29) is 6.10 Å². The van der Waals surface area contributed by atoms with Crippen molar-refractivity contribution in [2.24, 2.45) is 0 Å². The Hall–Kier alpha value is -1.91. The highest BCUT2D eigenvalue weighted by Crippen LogP contribution is 2.25. The van der Waals surface area contributed by atoms with E-state index in [1.54, 1.807) is 6.20 Å². The molecule has 0 amide bonds. The van der Waals surface area contributed by atoms with Gasteiger partial charge in [0.15, 0.2) is 0 Å². The topological polar surface area (TPSA) is 43.4 Å². The summed E-state index contributed by atoms with van der Waals surface area (Å²) in [5, 5.41) is 3.32. The van der Waals surface area contributed by atoms with E-state index in [1.165, 1.54) is 0 Å². The Balaban J connectivity index is 1.76. The van der Waals surface area contributed by atoms with Crippen molar-refractivity contribution < 1.29 is 9.47 Å². The van der Waals surface area contributed by atoms with Gasteiger partial charge in [0, 0.05) is 25.4 Å². The maximum Gasteiger partial charge on any atom is 0.219 e. The summed E-state index contributed by atoms with van der Waals surface area (Å²) >= 11 is 0. The van der Waals surface area contributed by atoms with Crippen molar-refractivity contribution in [3.63, 3.8) is 0 Å². The molecule has 1 saturated heterocycles. The molecule has 0 saturated carbocycles. The van der Waals surface area contributed by atoms with Crippen LogP contribution in [-0.4, -0.2) is 24.7 Å². The molecule has 98 valence electrons. The zero-order valence-electron chi connectivity index (χ0n) is 10.6. The van der Waals surface area contributed by atoms with Crippen LogP contribution in [0, 0.1) is 0 Å². The summed E-state index contributed by atoms with van der Waals surface area (Å²) in [5.41, 5.74) is 1.13. The predicted octanol–water partition coefficient (Wildman–Crippen LogP) is 2.53. The van der Waals surface area contributed by atoms with Crippen LogP contribution in [-0.2, 0) is 4.74 Å². The smallest absolute Gasteiger partial charge is 0.219 e. The first-order valence-electron chi connectivity index (χ1n) is 6.43. The van der Waals surface area contributed by atoms with Crippen LogP contribution in [0.2, 0.25) is 0 Å². The van der Waals surface area contributed by atoms with Crippen LogP contribution < -0.4 is 10.1 Å². The van der Waals surface area contributed by atoms with E-state index in [0.717, 1.165) is 31.0 Å². The van der Waals surface area contributed by atoms with Gasteiger partial charge in [-0.25, -0.2) is 4.98 Å². The molecule has 1 fully saturated rings. The molecular formula is C15H16N2O2. The summed E-state index contributed by atoms with van der Waals surface area (Å²) in [7, 11) is 0. The van der Waals surface area contributed by atoms with Crippen LogP contribution in [0.4, 0.5) is 0 Å². The third-order valence-corrected chi connectivity index (χ3v) is 3.02. The van der Waals surface area contributed by atoms with E-state index in [0.29, 0.717) is 5.88 Å². The van der Waals surface area contributed by atoms with E-state index in [2.05, 4.69) is 16.4 Å². The molecule has 0 unspecified atom stereocenters. The third-order valence-electron chi connectivity index (χ3n) is 3.02. The highest BCUT2D eigenvalue weighted by Gasteiger charge is 2.16. The number of hydrogen-bond acceptors (Lipinski definition) is 4. The second kappa shape index (κ2) is 5.82. The van der Waals surface area contributed by atoms with Crippen molar-refractivity contribution in [2.75, 3.05) is 19.7 Å². The Morgan fingerprint density at radius 1 is 1.21 bits per heavy atom. The minimum absolute atomic E-state index is 0.0982. The Morgan fingerprint density at radius 3 is 3.00 bits per heavy atom. The molecule has 0 radical (unpaired) electrons. The number of morpholine rings is 1. The SMILES string of the molecule is c1ccc(Oc2cccc([C@@H]3CNCCO3)c2)nc1. The Bertz CT molecular complexity index is 525. The molecule has 2 aromatic rings. The van der Waals surface area contributed by atoms with Crippen LogP contribution in [0.3, 0.4) is 0 Å². The molecular weight excluding hydrogens is 240 g/mol. The number of benzene rings is 1. The second-order valence-corrected chi connectivity index (χ2v) is 4.41. The standard InChI is InChI=1S/C15H16N2O2/c1-2-7-17-15(6-1)19-13-5-3-4-12(10-13)14-11-16-8-9-18-14/h1-7,10,14,16H,8-9,11H2/t14-/m0/s1. The lowest BCUT2D eigenvalue weighted by atomic mass is 10.1. The van der Waals surface area contributed by atoms with Crippen LogP contribution >= 0.6 is 0 Å². The van der Waals surface area contributed by atoms with Crippen LogP contribution in [0.5, 0.6) is 11.6 Å². The molecule has 19 heavy (non-hydrogen) atoms. The lowest BCUT2D eigenvalue weighted by molar-refractivity contribution is 0.0276. The molecule has 1 aliphatic heterocycles. The Labute approximate surface area is 112 Å². The number of nitrogens with one attached hydrogen (secondary N) is 1. The fourth-order valence-corrected chi connectivity index (χ4v) is 2.09. The third kappa shape index (κ3) is 3.10. The first-order valence-corrected chi connectivity index (χ1v) is 6.43. The minimum Gasteiger partial charge on any atom is -0.439 e. The van der Waals surface area contributed by atoms with E-state index in [1.807, 2.05) is 36.4 Å². The highest BCUT2D eigenvalue weighted by molar-refractivity contribution is 5.33. The lowest BCUT2D eigenvalue weighted by Crippen LogP contribution is -2.33. The molecule has 1 atom stereocenters. The van der Waals surface area contributed by atoms with Crippen molar-refractivity contribution in [2.45, 2.75) is 6.10 Å². The second-order valence-electron chi connectivity index (χ2n) is 4.41. The van der Waals surface area contributed by atoms with Gasteiger partial charge in [-0.2, -0.15) is 0 Å². The van der Waals surface area contributed by atoms with Crippen LogP contribution in [0.15, 0.2) is 48.7 Å². The summed E-state index contributed by atoms with van der Waals surface area (Å²) in [4.78, 5) is 4.15. The number of ether oxygens (including phenoxy) is 2. The summed E-state index contributed by atoms with van der Waals surface area (Å²) in [6, 6.07) is 13.6. The maximum absolute atomic E-state index is 5.74. The van der Waals surface area contributed by atoms with Crippen molar-refractivity contribution in [3.05, 3.63) is 54.2 Å². The maximum atomic E-state index is 5.74. The Kier molecular flexibility index (Phi) is 3.72. The number of hydrogen-bond donors (Lipinski definition) is 1. The summed E-state index contributed by atoms with van der Waals surface area (Å²) in [6.07, 6.45) is 1.81. The van der Waals surface area contributed by atoms with Gasteiger partial charge in [0.1, 0.15) is 5.75 Å². The van der Waals surface area contributed by atoms with Gasteiger partial charge >= 0.3 is 0 Å². The van der Waals surface area contributed by atoms with Gasteiger partial charge in [-0.1, -0.05) is 18.2 Å². The van der Waals surface area contributed by atoms with Gasteiger partial charge in [-0.15, -0.1) is 0 Å². The molecule has 0 spiro atoms. The average molecular weight is 256 g/mol. The predicted molar refractivity (Wildman–Crippen MR) is 72.3 cm³/mol. The first kappa shape index (κ1) is 12.1. The van der Waals surface area contributed by atoms with Crippen LogP contribution in [0.25, 0.3) is 0 Å². The zero-order chi connectivity index (χ0) is 12.9. The number of aromatic nitrogens is 1. The van der Waals surface area contributed by atoms with E-state index >= 15 is 0 Å². The van der Waals surface area contributed by atoms with E-state index in [9.17, 15) is 0 Å². The first-order chi connectivity index (χ1) is 9.42. The summed E-state index contributed by atoms with van der Waals surface area (Å²) in [6.45, 7) is 2.50. The molecule has 1 aromatic carbocycles. The molecule has 3 rings (SSSR count). The molecule has 0 aliphatic carbocycles. The van der Waals surface area contributed by atoms with Crippen molar-refractivity contribution >= 4 is 0 Å². The largest absolute Gasteiger partial charge is 0.439 e. The zero-order valence-corrected chi connectivity index (χ0v) is 10.6. The normalized spacial score (nSPS) is 19.1. The molecule has 4 heteroatoms. The van der Waals surface area contributed by atoms with E-state index < -0.39 is 0 Å². The van der Waals surface area contributed by atoms with Gasteiger partial charge in [0.2, 0.25) is 5.88 Å². The molecule has 2 heterocycles. The molecule has 1 N–H and O–H groups in total. The van der Waals surface area contributed by atoms with Gasteiger partial charge in [-0.3, -0.25) is 0 Å². The molecule has 0 bridgehead atoms. The molecule has 4 nitrogen and oxygen atoms in total. The lowest BCUT2D eigenvalue weighted by Gasteiger charge is -2.24. The van der Waals surface area contributed by atoms with Crippen molar-refractivity contribution in [1.29, 1.82) is 0 Å². The van der Waals surface area contributed by atoms with E-state index in [4.69, 9.17) is 9.47 Å². The Morgan fingerprint density at radius 2 is 2.21 bits per heavy atom. The number of rotatable bonds is 3. The average Bonchev–Trinajstić information content (AvgIpc) is 2.49. The fraction of sp³-hybridized carbons (Fsp3) is 0.267. The number of pyridine rings is 1. The summed E-state index contributed by atoms with van der Waals surface area (Å²) < 4.78 is 11.5. The van der Waals surface area contributed by atoms with Gasteiger partial charge in [0.25, 0.3) is 0 Å². The van der Waals surface area contributed by atoms with Gasteiger partial charge in [0.05, 0.1) is 12.7 Å². The van der Waals surface area contributed by atoms with Crippen molar-refractivity contribution in [1.82, 2.24) is 10.3 Å². The monoisotopic (exact) mass is 256 g/mol. The van der Waals surface area contributed by atoms with Crippen molar-refractivity contribution in [3.8, 4) is 11.6 Å². The number of nitrogens with zero attached hydrogens (tertiary/aromatic N) is 1. The highest BCUT2D eigenvalue weighted by atomic mass is 16.5. The quantitative estimate of drug-likeness (QED) is 0.916. The molecule has 1 aliphatic rings. The fourth-order valence-electron chi connectivity index (χ4n) is 2.09. The summed E-state index contributed by atoms with van der Waals surface area (Å²) in [5.74, 6) is 1.38. The van der Waals surface area contributed by atoms with Gasteiger partial charge in [-0.05, 0) is 23.8 Å². The minimum atomic E-state index is 0.0982.